The van der Waals surface area contributed by atoms with Crippen molar-refractivity contribution in [3.63, 3.8) is 0 Å². The van der Waals surface area contributed by atoms with E-state index in [1.165, 1.54) is 0 Å². The second-order valence-electron chi connectivity index (χ2n) is 9.70. The van der Waals surface area contributed by atoms with Crippen LogP contribution in [0.5, 0.6) is 5.75 Å². The molecule has 0 aliphatic carbocycles. The molecule has 0 saturated carbocycles. The van der Waals surface area contributed by atoms with E-state index in [9.17, 15) is 9.59 Å². The molecule has 0 heterocycles. The predicted octanol–water partition coefficient (Wildman–Crippen LogP) is 5.69. The van der Waals surface area contributed by atoms with Crippen molar-refractivity contribution in [3.8, 4) is 5.75 Å². The number of hydrogen-bond donors (Lipinski definition) is 1. The van der Waals surface area contributed by atoms with Gasteiger partial charge >= 0.3 is 0 Å². The van der Waals surface area contributed by atoms with Crippen LogP contribution in [0.3, 0.4) is 0 Å². The zero-order chi connectivity index (χ0) is 25.4. The molecule has 5 nitrogen and oxygen atoms in total. The van der Waals surface area contributed by atoms with E-state index >= 15 is 0 Å². The van der Waals surface area contributed by atoms with Crippen LogP contribution in [-0.4, -0.2) is 34.9 Å². The van der Waals surface area contributed by atoms with Crippen molar-refractivity contribution in [1.29, 1.82) is 0 Å². The zero-order valence-electron chi connectivity index (χ0n) is 20.8. The van der Waals surface area contributed by atoms with Gasteiger partial charge in [-0.3, -0.25) is 9.59 Å². The van der Waals surface area contributed by atoms with Crippen molar-refractivity contribution in [2.24, 2.45) is 0 Å². The Morgan fingerprint density at radius 1 is 0.943 bits per heavy atom. The van der Waals surface area contributed by atoms with Crippen LogP contribution in [0, 0.1) is 6.92 Å². The van der Waals surface area contributed by atoms with E-state index in [4.69, 9.17) is 4.74 Å². The van der Waals surface area contributed by atoms with Gasteiger partial charge in [0.2, 0.25) is 5.91 Å². The Kier molecular flexibility index (Phi) is 9.10. The Hall–Kier alpha value is -3.12. The van der Waals surface area contributed by atoms with Gasteiger partial charge in [0, 0.05) is 23.0 Å². The van der Waals surface area contributed by atoms with Gasteiger partial charge in [-0.05, 0) is 63.1 Å². The average molecular weight is 537 g/mol. The van der Waals surface area contributed by atoms with E-state index in [0.29, 0.717) is 12.2 Å². The lowest BCUT2D eigenvalue weighted by Crippen LogP contribution is -2.55. The number of nitrogens with one attached hydrogen (secondary N) is 1. The predicted molar refractivity (Wildman–Crippen MR) is 143 cm³/mol. The Labute approximate surface area is 216 Å². The highest BCUT2D eigenvalue weighted by molar-refractivity contribution is 9.10. The van der Waals surface area contributed by atoms with Gasteiger partial charge in [0.05, 0.1) is 0 Å². The Morgan fingerprint density at radius 3 is 2.23 bits per heavy atom. The molecule has 6 heteroatoms. The number of benzene rings is 3. The molecule has 1 atom stereocenters. The molecule has 35 heavy (non-hydrogen) atoms. The quantitative estimate of drug-likeness (QED) is 0.382. The fourth-order valence-corrected chi connectivity index (χ4v) is 4.15. The smallest absolute Gasteiger partial charge is 0.261 e. The van der Waals surface area contributed by atoms with Crippen molar-refractivity contribution in [2.75, 3.05) is 6.61 Å². The number of aryl methyl sites for hydroxylation is 1. The summed E-state index contributed by atoms with van der Waals surface area (Å²) in [5.41, 5.74) is 2.58. The highest BCUT2D eigenvalue weighted by Crippen LogP contribution is 2.19. The summed E-state index contributed by atoms with van der Waals surface area (Å²) in [7, 11) is 0. The molecule has 0 aliphatic heterocycles. The summed E-state index contributed by atoms with van der Waals surface area (Å²) in [4.78, 5) is 28.7. The maximum Gasteiger partial charge on any atom is 0.261 e. The summed E-state index contributed by atoms with van der Waals surface area (Å²) in [5.74, 6) is 0.167. The highest BCUT2D eigenvalue weighted by Gasteiger charge is 2.32. The highest BCUT2D eigenvalue weighted by atomic mass is 79.9. The second-order valence-corrected chi connectivity index (χ2v) is 10.6. The van der Waals surface area contributed by atoms with Gasteiger partial charge in [-0.1, -0.05) is 76.1 Å². The van der Waals surface area contributed by atoms with Crippen molar-refractivity contribution in [1.82, 2.24) is 10.2 Å². The van der Waals surface area contributed by atoms with Crippen LogP contribution in [0.4, 0.5) is 0 Å². The average Bonchev–Trinajstić information content (AvgIpc) is 2.80. The van der Waals surface area contributed by atoms with Crippen molar-refractivity contribution >= 4 is 27.7 Å². The number of ether oxygens (including phenoxy) is 1. The lowest BCUT2D eigenvalue weighted by molar-refractivity contribution is -0.143. The largest absolute Gasteiger partial charge is 0.484 e. The Balaban J connectivity index is 1.92. The molecule has 3 rings (SSSR count). The third-order valence-corrected chi connectivity index (χ3v) is 5.89. The van der Waals surface area contributed by atoms with E-state index in [-0.39, 0.29) is 25.0 Å². The summed E-state index contributed by atoms with van der Waals surface area (Å²) in [6.07, 6.45) is 0.396. The maximum absolute atomic E-state index is 13.6. The summed E-state index contributed by atoms with van der Waals surface area (Å²) in [5, 5.41) is 3.07. The van der Waals surface area contributed by atoms with Crippen LogP contribution in [0.1, 0.15) is 37.5 Å². The van der Waals surface area contributed by atoms with Crippen LogP contribution in [0.15, 0.2) is 83.3 Å². The SMILES string of the molecule is Cc1ccc(OCC(=O)N(Cc2cccc(Br)c2)[C@@H](Cc2ccccc2)C(=O)NC(C)(C)C)cc1. The third-order valence-electron chi connectivity index (χ3n) is 5.39. The summed E-state index contributed by atoms with van der Waals surface area (Å²) < 4.78 is 6.73. The number of hydrogen-bond acceptors (Lipinski definition) is 3. The molecule has 1 N–H and O–H groups in total. The Bertz CT molecular complexity index is 1120. The van der Waals surface area contributed by atoms with Gasteiger partial charge in [-0.15, -0.1) is 0 Å². The molecule has 0 spiro atoms. The van der Waals surface area contributed by atoms with Crippen LogP contribution in [0.25, 0.3) is 0 Å². The molecule has 3 aromatic carbocycles. The summed E-state index contributed by atoms with van der Waals surface area (Å²) >= 11 is 3.51. The number of nitrogens with zero attached hydrogens (tertiary/aromatic N) is 1. The first-order valence-electron chi connectivity index (χ1n) is 11.7. The molecule has 3 aromatic rings. The van der Waals surface area contributed by atoms with E-state index in [1.807, 2.05) is 107 Å². The van der Waals surface area contributed by atoms with E-state index in [1.54, 1.807) is 4.90 Å². The molecule has 0 aliphatic rings. The topological polar surface area (TPSA) is 58.6 Å². The lowest BCUT2D eigenvalue weighted by atomic mass is 10.0. The van der Waals surface area contributed by atoms with Gasteiger partial charge in [-0.2, -0.15) is 0 Å². The maximum atomic E-state index is 13.6. The first-order valence-corrected chi connectivity index (χ1v) is 12.5. The second kappa shape index (κ2) is 12.0. The normalized spacial score (nSPS) is 12.0. The Morgan fingerprint density at radius 2 is 1.60 bits per heavy atom. The van der Waals surface area contributed by atoms with Crippen molar-refractivity contribution < 1.29 is 14.3 Å². The number of amides is 2. The van der Waals surface area contributed by atoms with Crippen LogP contribution in [0.2, 0.25) is 0 Å². The number of carbonyl (C=O) groups excluding carboxylic acids is 2. The molecular weight excluding hydrogens is 504 g/mol. The number of rotatable bonds is 9. The van der Waals surface area contributed by atoms with Crippen LogP contribution >= 0.6 is 15.9 Å². The standard InChI is InChI=1S/C29H33BrN2O3/c1-21-13-15-25(16-14-21)35-20-27(33)32(19-23-11-8-12-24(30)17-23)26(28(34)31-29(2,3)4)18-22-9-6-5-7-10-22/h5-17,26H,18-20H2,1-4H3,(H,31,34)/t26-/m0/s1. The summed E-state index contributed by atoms with van der Waals surface area (Å²) in [6, 6.07) is 24.4. The monoisotopic (exact) mass is 536 g/mol. The van der Waals surface area contributed by atoms with Gasteiger partial charge in [0.25, 0.3) is 5.91 Å². The zero-order valence-corrected chi connectivity index (χ0v) is 22.3. The van der Waals surface area contributed by atoms with Crippen LogP contribution in [-0.2, 0) is 22.6 Å². The minimum absolute atomic E-state index is 0.162. The van der Waals surface area contributed by atoms with Gasteiger partial charge in [-0.25, -0.2) is 0 Å². The first kappa shape index (κ1) is 26.5. The molecule has 0 fully saturated rings. The number of halogens is 1. The summed E-state index contributed by atoms with van der Waals surface area (Å²) in [6.45, 7) is 7.93. The van der Waals surface area contributed by atoms with E-state index < -0.39 is 11.6 Å². The fraction of sp³-hybridized carbons (Fsp3) is 0.310. The molecule has 0 unspecified atom stereocenters. The third kappa shape index (κ3) is 8.55. The molecule has 0 saturated heterocycles. The molecule has 0 aromatic heterocycles. The number of carbonyl (C=O) groups is 2. The van der Waals surface area contributed by atoms with E-state index in [2.05, 4.69) is 21.2 Å². The molecule has 0 radical (unpaired) electrons. The molecular formula is C29H33BrN2O3. The minimum Gasteiger partial charge on any atom is -0.484 e. The lowest BCUT2D eigenvalue weighted by Gasteiger charge is -2.33. The van der Waals surface area contributed by atoms with Gasteiger partial charge < -0.3 is 15.0 Å². The van der Waals surface area contributed by atoms with Crippen molar-refractivity contribution in [2.45, 2.75) is 52.2 Å². The van der Waals surface area contributed by atoms with Gasteiger partial charge in [0.1, 0.15) is 11.8 Å². The first-order chi connectivity index (χ1) is 16.6. The molecule has 2 amide bonds. The van der Waals surface area contributed by atoms with E-state index in [0.717, 1.165) is 21.2 Å². The van der Waals surface area contributed by atoms with Crippen molar-refractivity contribution in [3.05, 3.63) is 100 Å². The van der Waals surface area contributed by atoms with Gasteiger partial charge in [0.15, 0.2) is 6.61 Å². The fourth-order valence-electron chi connectivity index (χ4n) is 3.70. The molecule has 184 valence electrons. The van der Waals surface area contributed by atoms with Crippen LogP contribution < -0.4 is 10.1 Å². The minimum atomic E-state index is -0.704. The molecule has 0 bridgehead atoms.